The maximum atomic E-state index is 12.3. The van der Waals surface area contributed by atoms with Crippen LogP contribution in [-0.2, 0) is 7.05 Å². The van der Waals surface area contributed by atoms with Gasteiger partial charge in [-0.2, -0.15) is 0 Å². The van der Waals surface area contributed by atoms with Gasteiger partial charge in [-0.1, -0.05) is 24.3 Å². The van der Waals surface area contributed by atoms with Crippen LogP contribution in [0.15, 0.2) is 59.5 Å². The highest BCUT2D eigenvalue weighted by Crippen LogP contribution is 2.29. The second-order valence-corrected chi connectivity index (χ2v) is 4.97. The summed E-state index contributed by atoms with van der Waals surface area (Å²) in [7, 11) is 1.59. The van der Waals surface area contributed by atoms with E-state index < -0.39 is 5.91 Å². The number of fused-ring (bicyclic) bond motifs is 1. The lowest BCUT2D eigenvalue weighted by atomic mass is 10.1. The van der Waals surface area contributed by atoms with Crippen LogP contribution in [0.2, 0.25) is 0 Å². The molecule has 3 rings (SSSR count). The average Bonchev–Trinajstić information content (AvgIpc) is 2.51. The minimum atomic E-state index is -0.475. The van der Waals surface area contributed by atoms with Crippen LogP contribution in [0.5, 0.6) is 5.75 Å². The van der Waals surface area contributed by atoms with E-state index in [1.807, 2.05) is 0 Å². The van der Waals surface area contributed by atoms with Gasteiger partial charge in [0.2, 0.25) is 0 Å². The Balaban J connectivity index is 2.04. The summed E-state index contributed by atoms with van der Waals surface area (Å²) < 4.78 is 1.35. The van der Waals surface area contributed by atoms with Crippen molar-refractivity contribution in [3.05, 3.63) is 70.6 Å². The largest absolute Gasteiger partial charge is 0.507 e. The summed E-state index contributed by atoms with van der Waals surface area (Å²) in [5.41, 5.74) is 0.259. The molecule has 2 N–H and O–H groups in total. The first-order valence-corrected chi connectivity index (χ1v) is 6.75. The summed E-state index contributed by atoms with van der Waals surface area (Å²) >= 11 is 0. The summed E-state index contributed by atoms with van der Waals surface area (Å²) in [6.07, 6.45) is 1.59. The van der Waals surface area contributed by atoms with Gasteiger partial charge < -0.3 is 15.0 Å². The molecule has 1 amide bonds. The lowest BCUT2D eigenvalue weighted by Crippen LogP contribution is -2.27. The quantitative estimate of drug-likeness (QED) is 0.763. The zero-order valence-corrected chi connectivity index (χ0v) is 11.9. The maximum absolute atomic E-state index is 12.3. The summed E-state index contributed by atoms with van der Waals surface area (Å²) in [5.74, 6) is -0.332. The molecule has 0 aliphatic rings. The molecule has 22 heavy (non-hydrogen) atoms. The minimum Gasteiger partial charge on any atom is -0.507 e. The Labute approximate surface area is 126 Å². The van der Waals surface area contributed by atoms with Crippen molar-refractivity contribution in [3.8, 4) is 5.75 Å². The summed E-state index contributed by atoms with van der Waals surface area (Å²) in [4.78, 5) is 24.3. The van der Waals surface area contributed by atoms with Crippen molar-refractivity contribution >= 4 is 22.4 Å². The highest BCUT2D eigenvalue weighted by atomic mass is 16.3. The highest BCUT2D eigenvalue weighted by Gasteiger charge is 2.13. The summed E-state index contributed by atoms with van der Waals surface area (Å²) in [6.45, 7) is 0. The molecule has 0 bridgehead atoms. The molecule has 0 saturated carbocycles. The van der Waals surface area contributed by atoms with Crippen molar-refractivity contribution in [1.29, 1.82) is 0 Å². The summed E-state index contributed by atoms with van der Waals surface area (Å²) in [5, 5.41) is 13.9. The molecule has 0 unspecified atom stereocenters. The fraction of sp³-hybridized carbons (Fsp3) is 0.0588. The molecule has 5 nitrogen and oxygen atoms in total. The van der Waals surface area contributed by atoms with Crippen molar-refractivity contribution in [1.82, 2.24) is 4.57 Å². The van der Waals surface area contributed by atoms with Gasteiger partial charge in [0.15, 0.2) is 0 Å². The van der Waals surface area contributed by atoms with Crippen LogP contribution in [0.4, 0.5) is 5.69 Å². The minimum absolute atomic E-state index is 0.0714. The molecule has 0 fully saturated rings. The van der Waals surface area contributed by atoms with E-state index in [4.69, 9.17) is 0 Å². The number of aromatic hydroxyl groups is 1. The number of pyridine rings is 1. The SMILES string of the molecule is Cn1cccc(C(=O)Nc2cccc3c(O)cccc23)c1=O. The van der Waals surface area contributed by atoms with Crippen LogP contribution in [0.25, 0.3) is 10.8 Å². The summed E-state index contributed by atoms with van der Waals surface area (Å²) in [6, 6.07) is 13.4. The van der Waals surface area contributed by atoms with Crippen LogP contribution in [-0.4, -0.2) is 15.6 Å². The van der Waals surface area contributed by atoms with Gasteiger partial charge >= 0.3 is 0 Å². The van der Waals surface area contributed by atoms with Gasteiger partial charge in [-0.3, -0.25) is 9.59 Å². The number of anilines is 1. The molecule has 0 aliphatic heterocycles. The van der Waals surface area contributed by atoms with Gasteiger partial charge in [0, 0.05) is 29.7 Å². The number of nitrogens with one attached hydrogen (secondary N) is 1. The highest BCUT2D eigenvalue weighted by molar-refractivity contribution is 6.09. The van der Waals surface area contributed by atoms with Gasteiger partial charge in [0.1, 0.15) is 11.3 Å². The molecule has 3 aromatic rings. The van der Waals surface area contributed by atoms with Gasteiger partial charge in [-0.15, -0.1) is 0 Å². The van der Waals surface area contributed by atoms with Gasteiger partial charge in [-0.25, -0.2) is 0 Å². The number of amides is 1. The number of phenolic OH excluding ortho intramolecular Hbond substituents is 1. The fourth-order valence-electron chi connectivity index (χ4n) is 2.36. The number of hydrogen-bond donors (Lipinski definition) is 2. The van der Waals surface area contributed by atoms with E-state index in [1.165, 1.54) is 10.6 Å². The number of benzene rings is 2. The number of carbonyl (C=O) groups excluding carboxylic acids is 1. The van der Waals surface area contributed by atoms with Crippen LogP contribution >= 0.6 is 0 Å². The van der Waals surface area contributed by atoms with Crippen LogP contribution < -0.4 is 10.9 Å². The topological polar surface area (TPSA) is 71.3 Å². The fourth-order valence-corrected chi connectivity index (χ4v) is 2.36. The van der Waals surface area contributed by atoms with Crippen molar-refractivity contribution in [3.63, 3.8) is 0 Å². The first-order valence-electron chi connectivity index (χ1n) is 6.75. The zero-order valence-electron chi connectivity index (χ0n) is 11.9. The van der Waals surface area contributed by atoms with Crippen molar-refractivity contribution in [2.75, 3.05) is 5.32 Å². The van der Waals surface area contributed by atoms with Crippen LogP contribution in [0, 0.1) is 0 Å². The Bertz CT molecular complexity index is 929. The predicted molar refractivity (Wildman–Crippen MR) is 85.2 cm³/mol. The monoisotopic (exact) mass is 294 g/mol. The standard InChI is InChI=1S/C17H14N2O3/c1-19-10-4-7-13(17(19)22)16(21)18-14-8-2-6-12-11(14)5-3-9-15(12)20/h2-10,20H,1H3,(H,18,21). The van der Waals surface area contributed by atoms with Crippen molar-refractivity contribution in [2.45, 2.75) is 0 Å². The second kappa shape index (κ2) is 5.37. The number of nitrogens with zero attached hydrogens (tertiary/aromatic N) is 1. The predicted octanol–water partition coefficient (Wildman–Crippen LogP) is 2.50. The molecule has 110 valence electrons. The molecular weight excluding hydrogens is 280 g/mol. The van der Waals surface area contributed by atoms with Crippen LogP contribution in [0.3, 0.4) is 0 Å². The van der Waals surface area contributed by atoms with E-state index in [1.54, 1.807) is 55.7 Å². The lowest BCUT2D eigenvalue weighted by Gasteiger charge is -2.10. The molecule has 5 heteroatoms. The van der Waals surface area contributed by atoms with E-state index in [0.717, 1.165) is 0 Å². The lowest BCUT2D eigenvalue weighted by molar-refractivity contribution is 0.102. The smallest absolute Gasteiger partial charge is 0.263 e. The Hall–Kier alpha value is -3.08. The third-order valence-corrected chi connectivity index (χ3v) is 3.52. The van der Waals surface area contributed by atoms with Crippen molar-refractivity contribution in [2.24, 2.45) is 7.05 Å². The number of aryl methyl sites for hydroxylation is 1. The number of hydrogen-bond acceptors (Lipinski definition) is 3. The molecule has 0 saturated heterocycles. The van der Waals surface area contributed by atoms with Crippen LogP contribution in [0.1, 0.15) is 10.4 Å². The number of aromatic nitrogens is 1. The third-order valence-electron chi connectivity index (χ3n) is 3.52. The molecular formula is C17H14N2O3. The molecule has 2 aromatic carbocycles. The number of rotatable bonds is 2. The Kier molecular flexibility index (Phi) is 3.39. The first kappa shape index (κ1) is 13.9. The Morgan fingerprint density at radius 2 is 1.77 bits per heavy atom. The molecule has 1 aromatic heterocycles. The number of phenols is 1. The Morgan fingerprint density at radius 1 is 1.05 bits per heavy atom. The van der Waals surface area contributed by atoms with E-state index >= 15 is 0 Å². The van der Waals surface area contributed by atoms with E-state index in [2.05, 4.69) is 5.32 Å². The molecule has 1 heterocycles. The van der Waals surface area contributed by atoms with E-state index in [0.29, 0.717) is 16.5 Å². The van der Waals surface area contributed by atoms with Gasteiger partial charge in [0.05, 0.1) is 0 Å². The van der Waals surface area contributed by atoms with Gasteiger partial charge in [-0.05, 0) is 24.3 Å². The third kappa shape index (κ3) is 2.33. The zero-order chi connectivity index (χ0) is 15.7. The second-order valence-electron chi connectivity index (χ2n) is 4.97. The van der Waals surface area contributed by atoms with E-state index in [-0.39, 0.29) is 16.9 Å². The average molecular weight is 294 g/mol. The molecule has 0 aliphatic carbocycles. The Morgan fingerprint density at radius 3 is 2.59 bits per heavy atom. The normalized spacial score (nSPS) is 10.6. The maximum Gasteiger partial charge on any atom is 0.263 e. The first-order chi connectivity index (χ1) is 10.6. The van der Waals surface area contributed by atoms with Gasteiger partial charge in [0.25, 0.3) is 11.5 Å². The van der Waals surface area contributed by atoms with E-state index in [9.17, 15) is 14.7 Å². The molecule has 0 atom stereocenters. The molecule has 0 radical (unpaired) electrons. The molecule has 0 spiro atoms. The number of carbonyl (C=O) groups is 1. The van der Waals surface area contributed by atoms with Crippen molar-refractivity contribution < 1.29 is 9.90 Å².